The summed E-state index contributed by atoms with van der Waals surface area (Å²) in [4.78, 5) is 12.7. The van der Waals surface area contributed by atoms with Crippen molar-refractivity contribution in [2.75, 3.05) is 13.6 Å². The average Bonchev–Trinajstić information content (AvgIpc) is 2.10. The zero-order valence-electron chi connectivity index (χ0n) is 7.21. The van der Waals surface area contributed by atoms with Gasteiger partial charge in [0.25, 0.3) is 0 Å². The van der Waals surface area contributed by atoms with Crippen LogP contribution < -0.4 is 0 Å². The molecule has 0 radical (unpaired) electrons. The van der Waals surface area contributed by atoms with Crippen LogP contribution in [0.4, 0.5) is 0 Å². The van der Waals surface area contributed by atoms with E-state index in [2.05, 4.69) is 5.92 Å². The molecule has 0 aromatic carbocycles. The Hall–Kier alpha value is -1.48. The molecule has 0 fully saturated rings. The summed E-state index contributed by atoms with van der Waals surface area (Å²) in [6.45, 7) is 0.486. The van der Waals surface area contributed by atoms with E-state index >= 15 is 0 Å². The topological polar surface area (TPSA) is 44.1 Å². The van der Waals surface area contributed by atoms with Crippen LogP contribution in [0.3, 0.4) is 0 Å². The first-order valence-corrected chi connectivity index (χ1v) is 3.76. The maximum Gasteiger partial charge on any atom is 0.223 e. The highest BCUT2D eigenvalue weighted by Gasteiger charge is 2.05. The van der Waals surface area contributed by atoms with Crippen molar-refractivity contribution in [1.29, 1.82) is 5.26 Å². The third-order valence-corrected chi connectivity index (χ3v) is 1.47. The molecule has 0 N–H and O–H groups in total. The molecule has 0 aliphatic rings. The highest BCUT2D eigenvalue weighted by atomic mass is 16.2. The fourth-order valence-corrected chi connectivity index (χ4v) is 0.712. The van der Waals surface area contributed by atoms with Crippen molar-refractivity contribution in [2.24, 2.45) is 0 Å². The van der Waals surface area contributed by atoms with Crippen LogP contribution >= 0.6 is 0 Å². The van der Waals surface area contributed by atoms with Crippen LogP contribution in [0.15, 0.2) is 0 Å². The summed E-state index contributed by atoms with van der Waals surface area (Å²) in [5, 5.41) is 8.25. The molecule has 1 amide bonds. The van der Waals surface area contributed by atoms with Gasteiger partial charge >= 0.3 is 0 Å². The number of hydrogen-bond acceptors (Lipinski definition) is 2. The van der Waals surface area contributed by atoms with E-state index in [9.17, 15) is 4.79 Å². The average molecular weight is 164 g/mol. The molecule has 0 spiro atoms. The van der Waals surface area contributed by atoms with Crippen LogP contribution in [0.25, 0.3) is 0 Å². The van der Waals surface area contributed by atoms with Gasteiger partial charge in [0.1, 0.15) is 0 Å². The minimum Gasteiger partial charge on any atom is -0.345 e. The Bertz CT molecular complexity index is 222. The third-order valence-electron chi connectivity index (χ3n) is 1.47. The van der Waals surface area contributed by atoms with Crippen molar-refractivity contribution in [3.8, 4) is 18.4 Å². The Morgan fingerprint density at radius 2 is 2.25 bits per heavy atom. The van der Waals surface area contributed by atoms with E-state index in [-0.39, 0.29) is 5.91 Å². The quantitative estimate of drug-likeness (QED) is 0.576. The smallest absolute Gasteiger partial charge is 0.223 e. The Kier molecular flexibility index (Phi) is 5.47. The number of terminal acetylenes is 1. The van der Waals surface area contributed by atoms with Gasteiger partial charge in [0, 0.05) is 26.4 Å². The summed E-state index contributed by atoms with van der Waals surface area (Å²) in [5.74, 6) is 2.40. The summed E-state index contributed by atoms with van der Waals surface area (Å²) >= 11 is 0. The van der Waals surface area contributed by atoms with E-state index in [1.54, 1.807) is 7.05 Å². The van der Waals surface area contributed by atoms with Crippen LogP contribution in [0.1, 0.15) is 19.3 Å². The monoisotopic (exact) mass is 164 g/mol. The van der Waals surface area contributed by atoms with Gasteiger partial charge in [0.2, 0.25) is 5.91 Å². The molecule has 0 heterocycles. The first-order valence-electron chi connectivity index (χ1n) is 3.76. The molecule has 0 aliphatic carbocycles. The van der Waals surface area contributed by atoms with Gasteiger partial charge in [0.05, 0.1) is 12.5 Å². The second-order valence-electron chi connectivity index (χ2n) is 2.43. The second-order valence-corrected chi connectivity index (χ2v) is 2.43. The normalized spacial score (nSPS) is 8.25. The number of rotatable bonds is 4. The number of hydrogen-bond donors (Lipinski definition) is 0. The minimum atomic E-state index is 0.00296. The summed E-state index contributed by atoms with van der Waals surface area (Å²) in [5.41, 5.74) is 0. The van der Waals surface area contributed by atoms with Crippen molar-refractivity contribution in [3.63, 3.8) is 0 Å². The van der Waals surface area contributed by atoms with Gasteiger partial charge in [0.15, 0.2) is 0 Å². The number of nitrogens with zero attached hydrogens (tertiary/aromatic N) is 2. The van der Waals surface area contributed by atoms with E-state index in [0.29, 0.717) is 25.8 Å². The highest BCUT2D eigenvalue weighted by Crippen LogP contribution is 1.95. The molecule has 0 aliphatic heterocycles. The Morgan fingerprint density at radius 3 is 2.75 bits per heavy atom. The molecule has 12 heavy (non-hydrogen) atoms. The molecule has 0 bridgehead atoms. The van der Waals surface area contributed by atoms with Crippen LogP contribution in [0.2, 0.25) is 0 Å². The Morgan fingerprint density at radius 1 is 1.58 bits per heavy atom. The van der Waals surface area contributed by atoms with Crippen molar-refractivity contribution >= 4 is 5.91 Å². The third kappa shape index (κ3) is 4.35. The molecular formula is C9H12N2O. The van der Waals surface area contributed by atoms with E-state index < -0.39 is 0 Å². The summed E-state index contributed by atoms with van der Waals surface area (Å²) in [6, 6.07) is 1.98. The first kappa shape index (κ1) is 10.5. The first-order chi connectivity index (χ1) is 5.72. The largest absolute Gasteiger partial charge is 0.345 e. The lowest BCUT2D eigenvalue weighted by Crippen LogP contribution is -2.27. The standard InChI is InChI=1S/C9H12N2O/c1-3-4-6-9(12)11(2)8-5-7-10/h1H,4-6,8H2,2H3. The van der Waals surface area contributed by atoms with Gasteiger partial charge in [-0.1, -0.05) is 0 Å². The number of amides is 1. The number of nitriles is 1. The molecule has 0 saturated carbocycles. The summed E-state index contributed by atoms with van der Waals surface area (Å²) in [6.07, 6.45) is 6.22. The fourth-order valence-electron chi connectivity index (χ4n) is 0.712. The molecule has 0 unspecified atom stereocenters. The second kappa shape index (κ2) is 6.24. The van der Waals surface area contributed by atoms with E-state index in [4.69, 9.17) is 11.7 Å². The molecule has 0 atom stereocenters. The zero-order valence-corrected chi connectivity index (χ0v) is 7.21. The predicted octanol–water partition coefficient (Wildman–Crippen LogP) is 0.772. The maximum absolute atomic E-state index is 11.1. The summed E-state index contributed by atoms with van der Waals surface area (Å²) < 4.78 is 0. The van der Waals surface area contributed by atoms with Crippen LogP contribution in [-0.2, 0) is 4.79 Å². The van der Waals surface area contributed by atoms with Crippen molar-refractivity contribution < 1.29 is 4.79 Å². The Labute approximate surface area is 73.0 Å². The van der Waals surface area contributed by atoms with Crippen LogP contribution in [0.5, 0.6) is 0 Å². The molecule has 3 heteroatoms. The van der Waals surface area contributed by atoms with Crippen molar-refractivity contribution in [2.45, 2.75) is 19.3 Å². The van der Waals surface area contributed by atoms with Crippen molar-refractivity contribution in [1.82, 2.24) is 4.90 Å². The molecule has 0 aromatic rings. The van der Waals surface area contributed by atoms with Gasteiger partial charge in [-0.2, -0.15) is 5.26 Å². The van der Waals surface area contributed by atoms with E-state index in [1.807, 2.05) is 6.07 Å². The lowest BCUT2D eigenvalue weighted by Gasteiger charge is -2.13. The lowest BCUT2D eigenvalue weighted by atomic mass is 10.3. The summed E-state index contributed by atoms with van der Waals surface area (Å²) in [7, 11) is 1.68. The van der Waals surface area contributed by atoms with Crippen LogP contribution in [0, 0.1) is 23.7 Å². The van der Waals surface area contributed by atoms with Crippen molar-refractivity contribution in [3.05, 3.63) is 0 Å². The van der Waals surface area contributed by atoms with Gasteiger partial charge in [-0.15, -0.1) is 12.3 Å². The van der Waals surface area contributed by atoms with Gasteiger partial charge in [-0.3, -0.25) is 4.79 Å². The van der Waals surface area contributed by atoms with Gasteiger partial charge in [-0.25, -0.2) is 0 Å². The minimum absolute atomic E-state index is 0.00296. The molecule has 0 aromatic heterocycles. The molecule has 64 valence electrons. The zero-order chi connectivity index (χ0) is 9.40. The predicted molar refractivity (Wildman–Crippen MR) is 45.9 cm³/mol. The fraction of sp³-hybridized carbons (Fsp3) is 0.556. The molecule has 0 rings (SSSR count). The number of carbonyl (C=O) groups is 1. The van der Waals surface area contributed by atoms with Gasteiger partial charge in [-0.05, 0) is 0 Å². The van der Waals surface area contributed by atoms with Crippen LogP contribution in [-0.4, -0.2) is 24.4 Å². The molecule has 0 saturated heterocycles. The SMILES string of the molecule is C#CCCC(=O)N(C)CCC#N. The maximum atomic E-state index is 11.1. The number of carbonyl (C=O) groups excluding carboxylic acids is 1. The van der Waals surface area contributed by atoms with Gasteiger partial charge < -0.3 is 4.90 Å². The molecule has 3 nitrogen and oxygen atoms in total. The lowest BCUT2D eigenvalue weighted by molar-refractivity contribution is -0.129. The highest BCUT2D eigenvalue weighted by molar-refractivity contribution is 5.76. The van der Waals surface area contributed by atoms with E-state index in [1.165, 1.54) is 4.90 Å². The van der Waals surface area contributed by atoms with E-state index in [0.717, 1.165) is 0 Å². The molecular weight excluding hydrogens is 152 g/mol. The Balaban J connectivity index is 3.64.